The fourth-order valence-corrected chi connectivity index (χ4v) is 2.92. The van der Waals surface area contributed by atoms with Crippen LogP contribution in [-0.2, 0) is 4.79 Å². The first-order valence-corrected chi connectivity index (χ1v) is 7.84. The lowest BCUT2D eigenvalue weighted by atomic mass is 10.0. The van der Waals surface area contributed by atoms with Crippen LogP contribution in [0.5, 0.6) is 0 Å². The van der Waals surface area contributed by atoms with Crippen molar-refractivity contribution >= 4 is 17.5 Å². The van der Waals surface area contributed by atoms with Crippen LogP contribution in [0, 0.1) is 0 Å². The number of Topliss-reactive ketones (excluding diaryl/α,β-unsaturated/α-hetero) is 1. The van der Waals surface area contributed by atoms with Gasteiger partial charge in [0.1, 0.15) is 5.78 Å². The van der Waals surface area contributed by atoms with Crippen LogP contribution < -0.4 is 0 Å². The third-order valence-corrected chi connectivity index (χ3v) is 4.43. The summed E-state index contributed by atoms with van der Waals surface area (Å²) >= 11 is 1.64. The summed E-state index contributed by atoms with van der Waals surface area (Å²) in [5.74, 6) is 0.316. The molecule has 1 aromatic rings. The minimum atomic E-state index is -0.363. The Balaban J connectivity index is 2.47. The van der Waals surface area contributed by atoms with E-state index in [-0.39, 0.29) is 4.75 Å². The quantitative estimate of drug-likeness (QED) is 0.360. The van der Waals surface area contributed by atoms with Gasteiger partial charge in [-0.3, -0.25) is 4.79 Å². The molecule has 2 heteroatoms. The highest BCUT2D eigenvalue weighted by Crippen LogP contribution is 2.34. The smallest absolute Gasteiger partial charge is 0.148 e. The number of benzene rings is 1. The fourth-order valence-electron chi connectivity index (χ4n) is 1.82. The summed E-state index contributed by atoms with van der Waals surface area (Å²) in [5.41, 5.74) is 1.18. The highest BCUT2D eigenvalue weighted by Gasteiger charge is 2.27. The Morgan fingerprint density at radius 1 is 1.30 bits per heavy atom. The molecular formula is C18H24OS. The molecule has 0 fully saturated rings. The first kappa shape index (κ1) is 16.8. The second-order valence-electron chi connectivity index (χ2n) is 5.39. The van der Waals surface area contributed by atoms with Crippen LogP contribution in [0.3, 0.4) is 0 Å². The summed E-state index contributed by atoms with van der Waals surface area (Å²) < 4.78 is -0.363. The zero-order valence-corrected chi connectivity index (χ0v) is 13.5. The van der Waals surface area contributed by atoms with Crippen LogP contribution in [0.2, 0.25) is 0 Å². The lowest BCUT2D eigenvalue weighted by Crippen LogP contribution is -2.27. The second-order valence-corrected chi connectivity index (χ2v) is 7.09. The van der Waals surface area contributed by atoms with Gasteiger partial charge >= 0.3 is 0 Å². The van der Waals surface area contributed by atoms with E-state index in [1.165, 1.54) is 5.57 Å². The SMILES string of the molecule is C=C/C(C)=C/CCCC(=O)C(C)(C)Sc1ccccc1. The Morgan fingerprint density at radius 2 is 1.95 bits per heavy atom. The van der Waals surface area contributed by atoms with Crippen molar-refractivity contribution in [2.24, 2.45) is 0 Å². The van der Waals surface area contributed by atoms with E-state index < -0.39 is 0 Å². The van der Waals surface area contributed by atoms with Crippen molar-refractivity contribution in [3.63, 3.8) is 0 Å². The van der Waals surface area contributed by atoms with Gasteiger partial charge in [0.05, 0.1) is 4.75 Å². The molecule has 0 unspecified atom stereocenters. The zero-order valence-electron chi connectivity index (χ0n) is 12.7. The van der Waals surface area contributed by atoms with Crippen molar-refractivity contribution in [2.45, 2.75) is 49.7 Å². The third-order valence-electron chi connectivity index (χ3n) is 3.18. The molecule has 0 aliphatic carbocycles. The molecule has 0 aliphatic heterocycles. The molecule has 0 saturated carbocycles. The Morgan fingerprint density at radius 3 is 2.55 bits per heavy atom. The van der Waals surface area contributed by atoms with Crippen molar-refractivity contribution in [1.29, 1.82) is 0 Å². The number of carbonyl (C=O) groups excluding carboxylic acids is 1. The number of carbonyl (C=O) groups is 1. The van der Waals surface area contributed by atoms with E-state index in [2.05, 4.69) is 24.8 Å². The van der Waals surface area contributed by atoms with Crippen molar-refractivity contribution in [3.05, 3.63) is 54.6 Å². The summed E-state index contributed by atoms with van der Waals surface area (Å²) in [7, 11) is 0. The topological polar surface area (TPSA) is 17.1 Å². The normalized spacial score (nSPS) is 12.2. The van der Waals surface area contributed by atoms with Crippen molar-refractivity contribution < 1.29 is 4.79 Å². The molecule has 20 heavy (non-hydrogen) atoms. The maximum Gasteiger partial charge on any atom is 0.148 e. The predicted octanol–water partition coefficient (Wildman–Crippen LogP) is 5.43. The van der Waals surface area contributed by atoms with Gasteiger partial charge in [-0.25, -0.2) is 0 Å². The molecule has 0 atom stereocenters. The van der Waals surface area contributed by atoms with Crippen LogP contribution in [0.1, 0.15) is 40.0 Å². The Bertz CT molecular complexity index is 471. The molecule has 0 saturated heterocycles. The van der Waals surface area contributed by atoms with Crippen LogP contribution >= 0.6 is 11.8 Å². The lowest BCUT2D eigenvalue weighted by Gasteiger charge is -2.22. The fraction of sp³-hybridized carbons (Fsp3) is 0.389. The molecule has 1 rings (SSSR count). The molecule has 0 aliphatic rings. The number of hydrogen-bond donors (Lipinski definition) is 0. The van der Waals surface area contributed by atoms with Crippen molar-refractivity contribution in [1.82, 2.24) is 0 Å². The molecular weight excluding hydrogens is 264 g/mol. The molecule has 0 aromatic heterocycles. The van der Waals surface area contributed by atoms with Crippen LogP contribution in [0.15, 0.2) is 59.5 Å². The van der Waals surface area contributed by atoms with Gasteiger partial charge in [-0.1, -0.05) is 42.5 Å². The molecule has 0 heterocycles. The van der Waals surface area contributed by atoms with E-state index in [1.54, 1.807) is 11.8 Å². The molecule has 0 bridgehead atoms. The Kier molecular flexibility index (Phi) is 6.80. The number of hydrogen-bond acceptors (Lipinski definition) is 2. The molecule has 0 N–H and O–H groups in total. The van der Waals surface area contributed by atoms with Crippen LogP contribution in [0.25, 0.3) is 0 Å². The highest BCUT2D eigenvalue weighted by molar-refractivity contribution is 8.01. The molecule has 1 aromatic carbocycles. The molecule has 1 nitrogen and oxygen atoms in total. The van der Waals surface area contributed by atoms with E-state index in [0.717, 1.165) is 17.7 Å². The number of thioether (sulfide) groups is 1. The van der Waals surface area contributed by atoms with Gasteiger partial charge in [0, 0.05) is 11.3 Å². The van der Waals surface area contributed by atoms with E-state index in [0.29, 0.717) is 12.2 Å². The highest BCUT2D eigenvalue weighted by atomic mass is 32.2. The monoisotopic (exact) mass is 288 g/mol. The third kappa shape index (κ3) is 5.79. The Hall–Kier alpha value is -1.28. The van der Waals surface area contributed by atoms with Crippen molar-refractivity contribution in [3.8, 4) is 0 Å². The molecule has 0 radical (unpaired) electrons. The number of rotatable bonds is 8. The Labute approximate surface area is 127 Å². The van der Waals surface area contributed by atoms with Gasteiger partial charge in [0.2, 0.25) is 0 Å². The van der Waals surface area contributed by atoms with Crippen LogP contribution in [-0.4, -0.2) is 10.5 Å². The van der Waals surface area contributed by atoms with Gasteiger partial charge in [0.25, 0.3) is 0 Å². The molecule has 108 valence electrons. The van der Waals surface area contributed by atoms with E-state index in [9.17, 15) is 4.79 Å². The van der Waals surface area contributed by atoms with E-state index in [4.69, 9.17) is 0 Å². The number of unbranched alkanes of at least 4 members (excludes halogenated alkanes) is 1. The average Bonchev–Trinajstić information content (AvgIpc) is 2.43. The van der Waals surface area contributed by atoms with E-state index in [1.807, 2.05) is 45.0 Å². The van der Waals surface area contributed by atoms with Gasteiger partial charge in [-0.15, -0.1) is 11.8 Å². The average molecular weight is 288 g/mol. The van der Waals surface area contributed by atoms with Gasteiger partial charge in [-0.05, 0) is 45.7 Å². The second kappa shape index (κ2) is 8.11. The lowest BCUT2D eigenvalue weighted by molar-refractivity contribution is -0.120. The largest absolute Gasteiger partial charge is 0.298 e. The number of allylic oxidation sites excluding steroid dienone is 3. The maximum absolute atomic E-state index is 12.3. The summed E-state index contributed by atoms with van der Waals surface area (Å²) in [5, 5.41) is 0. The predicted molar refractivity (Wildman–Crippen MR) is 89.2 cm³/mol. The summed E-state index contributed by atoms with van der Waals surface area (Å²) in [6, 6.07) is 10.1. The summed E-state index contributed by atoms with van der Waals surface area (Å²) in [6.07, 6.45) is 6.46. The zero-order chi connectivity index (χ0) is 15.0. The first-order valence-electron chi connectivity index (χ1n) is 7.02. The number of ketones is 1. The van der Waals surface area contributed by atoms with Gasteiger partial charge < -0.3 is 0 Å². The maximum atomic E-state index is 12.3. The van der Waals surface area contributed by atoms with Crippen molar-refractivity contribution in [2.75, 3.05) is 0 Å². The summed E-state index contributed by atoms with van der Waals surface area (Å²) in [4.78, 5) is 13.5. The minimum absolute atomic E-state index is 0.316. The first-order chi connectivity index (χ1) is 9.45. The molecule has 0 spiro atoms. The summed E-state index contributed by atoms with van der Waals surface area (Å²) in [6.45, 7) is 9.78. The standard InChI is InChI=1S/C18H24OS/c1-5-15(2)11-9-10-14-17(19)18(3,4)20-16-12-7-6-8-13-16/h5-8,11-13H,1,9-10,14H2,2-4H3/b15-11+. The van der Waals surface area contributed by atoms with Gasteiger partial charge in [0.15, 0.2) is 0 Å². The molecule has 0 amide bonds. The van der Waals surface area contributed by atoms with Crippen LogP contribution in [0.4, 0.5) is 0 Å². The minimum Gasteiger partial charge on any atom is -0.298 e. The van der Waals surface area contributed by atoms with E-state index >= 15 is 0 Å². The van der Waals surface area contributed by atoms with Gasteiger partial charge in [-0.2, -0.15) is 0 Å².